The third-order valence-electron chi connectivity index (χ3n) is 7.83. The van der Waals surface area contributed by atoms with E-state index in [1.165, 1.54) is 15.9 Å². The Morgan fingerprint density at radius 2 is 1.59 bits per heavy atom. The smallest absolute Gasteiger partial charge is 0.259 e. The minimum Gasteiger partial charge on any atom is -0.497 e. The molecular weight excluding hydrogens is 475 g/mol. The van der Waals surface area contributed by atoms with Crippen molar-refractivity contribution in [3.05, 3.63) is 70.2 Å². The van der Waals surface area contributed by atoms with Crippen LogP contribution in [-0.4, -0.2) is 36.4 Å². The number of carbonyl (C=O) groups excluding carboxylic acids is 3. The molecule has 8 heteroatoms. The fourth-order valence-electron chi connectivity index (χ4n) is 6.11. The Kier molecular flexibility index (Phi) is 5.01. The maximum Gasteiger partial charge on any atom is 0.259 e. The Morgan fingerprint density at radius 3 is 2.15 bits per heavy atom. The largest absolute Gasteiger partial charge is 0.497 e. The molecular formula is C26H22Cl2N2O4. The first-order valence-corrected chi connectivity index (χ1v) is 12.1. The summed E-state index contributed by atoms with van der Waals surface area (Å²) in [6.45, 7) is -0.162. The highest BCUT2D eigenvalue weighted by atomic mass is 35.5. The van der Waals surface area contributed by atoms with Gasteiger partial charge in [0.25, 0.3) is 5.91 Å². The van der Waals surface area contributed by atoms with Crippen molar-refractivity contribution in [1.82, 2.24) is 4.90 Å². The highest BCUT2D eigenvalue weighted by Crippen LogP contribution is 2.65. The summed E-state index contributed by atoms with van der Waals surface area (Å²) in [4.78, 5) is 43.3. The SMILES string of the molecule is COc1ccc(N(CN2C(=O)[C@@H]3[C@@H]4C=C[C@H]([C@@H]5C[C@H]45)[C@H]3C2=O)C(=O)c2ccc(Cl)c(Cl)c2)cc1. The van der Waals surface area contributed by atoms with Gasteiger partial charge in [-0.2, -0.15) is 0 Å². The third-order valence-corrected chi connectivity index (χ3v) is 8.57. The Morgan fingerprint density at radius 1 is 0.971 bits per heavy atom. The number of likely N-dealkylation sites (tertiary alicyclic amines) is 1. The van der Waals surface area contributed by atoms with Gasteiger partial charge in [-0.05, 0) is 72.6 Å². The molecule has 1 heterocycles. The van der Waals surface area contributed by atoms with Crippen LogP contribution in [0.25, 0.3) is 0 Å². The van der Waals surface area contributed by atoms with Gasteiger partial charge in [-0.1, -0.05) is 35.4 Å². The van der Waals surface area contributed by atoms with Crippen LogP contribution in [0.1, 0.15) is 16.8 Å². The molecule has 1 saturated heterocycles. The number of halogens is 2. The first kappa shape index (κ1) is 21.7. The van der Waals surface area contributed by atoms with Crippen LogP contribution in [0, 0.1) is 35.5 Å². The number of ether oxygens (including phenoxy) is 1. The fourth-order valence-corrected chi connectivity index (χ4v) is 6.41. The number of rotatable bonds is 5. The second-order valence-electron chi connectivity index (χ2n) is 9.46. The molecule has 1 aliphatic heterocycles. The standard InChI is InChI=1S/C26H22Cl2N2O4/c1-34-15-5-3-14(4-6-15)29(24(31)13-2-9-20(27)21(28)10-13)12-30-25(32)22-16-7-8-17(19-11-18(16)19)23(22)26(30)33/h2-10,16-19,22-23H,11-12H2,1H3/t16-,17-,18-,19+,22-,23-/m1/s1. The molecule has 4 aliphatic carbocycles. The van der Waals surface area contributed by atoms with E-state index in [1.807, 2.05) is 0 Å². The minimum atomic E-state index is -0.386. The molecule has 2 saturated carbocycles. The van der Waals surface area contributed by atoms with Crippen LogP contribution >= 0.6 is 23.2 Å². The summed E-state index contributed by atoms with van der Waals surface area (Å²) in [5.41, 5.74) is 0.848. The van der Waals surface area contributed by atoms with Crippen molar-refractivity contribution in [1.29, 1.82) is 0 Å². The molecule has 0 N–H and O–H groups in total. The molecule has 3 amide bonds. The number of carbonyl (C=O) groups is 3. The van der Waals surface area contributed by atoms with Crippen LogP contribution in [0.4, 0.5) is 5.69 Å². The Labute approximate surface area is 207 Å². The molecule has 2 bridgehead atoms. The van der Waals surface area contributed by atoms with Crippen LogP contribution in [0.3, 0.4) is 0 Å². The molecule has 0 unspecified atom stereocenters. The number of hydrogen-bond donors (Lipinski definition) is 0. The zero-order valence-electron chi connectivity index (χ0n) is 18.4. The van der Waals surface area contributed by atoms with Crippen molar-refractivity contribution in [3.8, 4) is 5.75 Å². The molecule has 0 radical (unpaired) electrons. The van der Waals surface area contributed by atoms with Gasteiger partial charge < -0.3 is 4.74 Å². The van der Waals surface area contributed by atoms with Crippen LogP contribution < -0.4 is 9.64 Å². The third kappa shape index (κ3) is 3.19. The zero-order valence-corrected chi connectivity index (χ0v) is 19.9. The van der Waals surface area contributed by atoms with E-state index in [-0.39, 0.29) is 53.1 Å². The summed E-state index contributed by atoms with van der Waals surface area (Å²) >= 11 is 12.2. The van der Waals surface area contributed by atoms with E-state index in [0.717, 1.165) is 6.42 Å². The van der Waals surface area contributed by atoms with Crippen molar-refractivity contribution in [2.75, 3.05) is 18.7 Å². The van der Waals surface area contributed by atoms with Crippen LogP contribution in [0.5, 0.6) is 5.75 Å². The molecule has 2 aromatic rings. The molecule has 3 fully saturated rings. The van der Waals surface area contributed by atoms with Crippen molar-refractivity contribution in [2.45, 2.75) is 6.42 Å². The van der Waals surface area contributed by atoms with E-state index in [2.05, 4.69) is 12.2 Å². The molecule has 0 spiro atoms. The first-order chi connectivity index (χ1) is 16.4. The van der Waals surface area contributed by atoms with Crippen molar-refractivity contribution in [3.63, 3.8) is 0 Å². The summed E-state index contributed by atoms with van der Waals surface area (Å²) in [5.74, 6) is 0.540. The van der Waals surface area contributed by atoms with Crippen molar-refractivity contribution in [2.24, 2.45) is 35.5 Å². The van der Waals surface area contributed by atoms with E-state index >= 15 is 0 Å². The van der Waals surface area contributed by atoms with E-state index in [1.54, 1.807) is 43.5 Å². The number of anilines is 1. The minimum absolute atomic E-state index is 0.127. The second-order valence-corrected chi connectivity index (χ2v) is 10.3. The van der Waals surface area contributed by atoms with Gasteiger partial charge in [0, 0.05) is 11.3 Å². The van der Waals surface area contributed by atoms with Gasteiger partial charge in [0.2, 0.25) is 11.8 Å². The average Bonchev–Trinajstić information content (AvgIpc) is 3.64. The van der Waals surface area contributed by atoms with E-state index in [4.69, 9.17) is 27.9 Å². The number of benzene rings is 2. The predicted molar refractivity (Wildman–Crippen MR) is 128 cm³/mol. The summed E-state index contributed by atoms with van der Waals surface area (Å²) in [5, 5.41) is 0.591. The van der Waals surface area contributed by atoms with E-state index in [9.17, 15) is 14.4 Å². The number of allylic oxidation sites excluding steroid dienone is 2. The first-order valence-electron chi connectivity index (χ1n) is 11.3. The van der Waals surface area contributed by atoms with Gasteiger partial charge >= 0.3 is 0 Å². The van der Waals surface area contributed by atoms with Gasteiger partial charge in [-0.25, -0.2) is 0 Å². The number of hydrogen-bond acceptors (Lipinski definition) is 4. The highest BCUT2D eigenvalue weighted by Gasteiger charge is 2.67. The lowest BCUT2D eigenvalue weighted by Gasteiger charge is -2.37. The lowest BCUT2D eigenvalue weighted by molar-refractivity contribution is -0.140. The van der Waals surface area contributed by atoms with E-state index in [0.29, 0.717) is 33.9 Å². The van der Waals surface area contributed by atoms with Crippen LogP contribution in [-0.2, 0) is 9.59 Å². The maximum atomic E-state index is 13.6. The van der Waals surface area contributed by atoms with Gasteiger partial charge in [0.05, 0.1) is 29.0 Å². The number of methoxy groups -OCH3 is 1. The van der Waals surface area contributed by atoms with Crippen LogP contribution in [0.15, 0.2) is 54.6 Å². The zero-order chi connectivity index (χ0) is 23.7. The molecule has 0 aromatic heterocycles. The molecule has 6 nitrogen and oxygen atoms in total. The second kappa shape index (κ2) is 7.85. The summed E-state index contributed by atoms with van der Waals surface area (Å²) < 4.78 is 5.24. The topological polar surface area (TPSA) is 66.9 Å². The van der Waals surface area contributed by atoms with Gasteiger partial charge in [0.1, 0.15) is 12.4 Å². The Balaban J connectivity index is 1.34. The van der Waals surface area contributed by atoms with Crippen molar-refractivity contribution < 1.29 is 19.1 Å². The van der Waals surface area contributed by atoms with Gasteiger partial charge in [-0.3, -0.25) is 24.2 Å². The summed E-state index contributed by atoms with van der Waals surface area (Å²) in [6.07, 6.45) is 5.37. The molecule has 7 rings (SSSR count). The van der Waals surface area contributed by atoms with Gasteiger partial charge in [-0.15, -0.1) is 0 Å². The summed E-state index contributed by atoms with van der Waals surface area (Å²) in [7, 11) is 1.56. The molecule has 2 aromatic carbocycles. The monoisotopic (exact) mass is 496 g/mol. The Hall–Kier alpha value is -2.83. The quantitative estimate of drug-likeness (QED) is 0.445. The molecule has 34 heavy (non-hydrogen) atoms. The van der Waals surface area contributed by atoms with Crippen LogP contribution in [0.2, 0.25) is 10.0 Å². The summed E-state index contributed by atoms with van der Waals surface area (Å²) in [6, 6.07) is 11.6. The van der Waals surface area contributed by atoms with Gasteiger partial charge in [0.15, 0.2) is 0 Å². The lowest BCUT2D eigenvalue weighted by Crippen LogP contribution is -2.45. The highest BCUT2D eigenvalue weighted by molar-refractivity contribution is 6.42. The molecule has 5 aliphatic rings. The lowest BCUT2D eigenvalue weighted by atomic mass is 9.63. The number of imide groups is 1. The fraction of sp³-hybridized carbons (Fsp3) is 0.346. The average molecular weight is 497 g/mol. The number of nitrogens with zero attached hydrogens (tertiary/aromatic N) is 2. The predicted octanol–water partition coefficient (Wildman–Crippen LogP) is 4.66. The molecule has 6 atom stereocenters. The van der Waals surface area contributed by atoms with Crippen molar-refractivity contribution >= 4 is 46.6 Å². The maximum absolute atomic E-state index is 13.6. The molecule has 174 valence electrons. The van der Waals surface area contributed by atoms with E-state index < -0.39 is 0 Å². The normalized spacial score (nSPS) is 30.3. The number of amides is 3. The Bertz CT molecular complexity index is 1210.